The monoisotopic (exact) mass is 234 g/mol. The van der Waals surface area contributed by atoms with Gasteiger partial charge < -0.3 is 9.80 Å². The van der Waals surface area contributed by atoms with Crippen molar-refractivity contribution in [2.75, 3.05) is 16.5 Å². The lowest BCUT2D eigenvalue weighted by atomic mass is 10.2. The highest BCUT2D eigenvalue weighted by atomic mass is 32.1. The number of hydrogen-bond donors (Lipinski definition) is 0. The highest BCUT2D eigenvalue weighted by Crippen LogP contribution is 2.41. The van der Waals surface area contributed by atoms with Gasteiger partial charge in [0, 0.05) is 9.75 Å². The molecule has 2 bridgehead atoms. The molecular weight excluding hydrogens is 224 g/mol. The topological polar surface area (TPSA) is 6.48 Å². The Kier molecular flexibility index (Phi) is 1.51. The predicted molar refractivity (Wildman–Crippen MR) is 65.9 cm³/mol. The minimum absolute atomic E-state index is 1.06. The fourth-order valence-electron chi connectivity index (χ4n) is 2.44. The van der Waals surface area contributed by atoms with Crippen molar-refractivity contribution in [2.24, 2.45) is 0 Å². The van der Waals surface area contributed by atoms with Crippen LogP contribution < -0.4 is 9.80 Å². The first kappa shape index (κ1) is 8.19. The first-order valence-corrected chi connectivity index (χ1v) is 6.80. The number of nitrogens with zero attached hydrogens (tertiary/aromatic N) is 2. The van der Waals surface area contributed by atoms with E-state index in [0.29, 0.717) is 0 Å². The van der Waals surface area contributed by atoms with Crippen LogP contribution in [0.15, 0.2) is 22.9 Å². The molecule has 0 saturated heterocycles. The quantitative estimate of drug-likeness (QED) is 0.691. The minimum atomic E-state index is 1.06. The van der Waals surface area contributed by atoms with E-state index in [1.807, 2.05) is 22.7 Å². The third kappa shape index (κ3) is 1.03. The lowest BCUT2D eigenvalue weighted by Gasteiger charge is -2.42. The molecule has 2 aliphatic rings. The zero-order valence-electron chi connectivity index (χ0n) is 8.14. The molecule has 0 unspecified atom stereocenters. The minimum Gasteiger partial charge on any atom is -0.348 e. The summed E-state index contributed by atoms with van der Waals surface area (Å²) in [6, 6.07) is 4.52. The molecule has 0 amide bonds. The van der Waals surface area contributed by atoms with Crippen molar-refractivity contribution < 1.29 is 0 Å². The smallest absolute Gasteiger partial charge is 0.0911 e. The molecule has 4 heterocycles. The van der Waals surface area contributed by atoms with E-state index in [2.05, 4.69) is 32.7 Å². The maximum absolute atomic E-state index is 2.48. The van der Waals surface area contributed by atoms with Crippen LogP contribution in [0.25, 0.3) is 0 Å². The molecule has 2 aromatic heterocycles. The van der Waals surface area contributed by atoms with Crippen molar-refractivity contribution in [1.29, 1.82) is 0 Å². The third-order valence-electron chi connectivity index (χ3n) is 3.14. The van der Waals surface area contributed by atoms with Gasteiger partial charge in [-0.3, -0.25) is 0 Å². The summed E-state index contributed by atoms with van der Waals surface area (Å²) < 4.78 is 0. The summed E-state index contributed by atoms with van der Waals surface area (Å²) in [5.74, 6) is 0. The maximum Gasteiger partial charge on any atom is 0.0911 e. The zero-order chi connectivity index (χ0) is 9.83. The van der Waals surface area contributed by atoms with Crippen LogP contribution in [-0.4, -0.2) is 6.67 Å². The summed E-state index contributed by atoms with van der Waals surface area (Å²) in [5, 5.41) is 4.42. The van der Waals surface area contributed by atoms with Crippen molar-refractivity contribution in [2.45, 2.75) is 13.1 Å². The lowest BCUT2D eigenvalue weighted by molar-refractivity contribution is 0.666. The normalized spacial score (nSPS) is 17.6. The number of anilines is 2. The van der Waals surface area contributed by atoms with Crippen LogP contribution in [-0.2, 0) is 13.1 Å². The molecule has 2 aromatic rings. The van der Waals surface area contributed by atoms with E-state index in [-0.39, 0.29) is 0 Å². The van der Waals surface area contributed by atoms with Gasteiger partial charge in [-0.05, 0) is 22.9 Å². The van der Waals surface area contributed by atoms with E-state index >= 15 is 0 Å². The summed E-state index contributed by atoms with van der Waals surface area (Å²) in [6.45, 7) is 3.24. The Morgan fingerprint density at radius 1 is 0.867 bits per heavy atom. The van der Waals surface area contributed by atoms with Crippen LogP contribution in [0.4, 0.5) is 11.4 Å². The lowest BCUT2D eigenvalue weighted by Crippen LogP contribution is -2.44. The van der Waals surface area contributed by atoms with Crippen LogP contribution in [0.1, 0.15) is 9.75 Å². The zero-order valence-corrected chi connectivity index (χ0v) is 9.77. The van der Waals surface area contributed by atoms with E-state index in [9.17, 15) is 0 Å². The summed E-state index contributed by atoms with van der Waals surface area (Å²) in [6.07, 6.45) is 0. The van der Waals surface area contributed by atoms with Crippen molar-refractivity contribution in [3.63, 3.8) is 0 Å². The van der Waals surface area contributed by atoms with Gasteiger partial charge in [-0.1, -0.05) is 0 Å². The van der Waals surface area contributed by atoms with E-state index in [1.54, 1.807) is 0 Å². The fraction of sp³-hybridized carbons (Fsp3) is 0.273. The molecule has 0 saturated carbocycles. The summed E-state index contributed by atoms with van der Waals surface area (Å²) in [5.41, 5.74) is 2.91. The second-order valence-corrected chi connectivity index (χ2v) is 6.00. The highest BCUT2D eigenvalue weighted by Gasteiger charge is 2.30. The van der Waals surface area contributed by atoms with E-state index in [0.717, 1.165) is 19.8 Å². The summed E-state index contributed by atoms with van der Waals surface area (Å²) in [7, 11) is 0. The first-order valence-electron chi connectivity index (χ1n) is 5.04. The Morgan fingerprint density at radius 2 is 1.40 bits per heavy atom. The molecule has 2 nitrogen and oxygen atoms in total. The van der Waals surface area contributed by atoms with Crippen molar-refractivity contribution in [3.8, 4) is 0 Å². The molecule has 0 spiro atoms. The van der Waals surface area contributed by atoms with Gasteiger partial charge in [0.1, 0.15) is 0 Å². The third-order valence-corrected chi connectivity index (χ3v) is 4.93. The van der Waals surface area contributed by atoms with Crippen LogP contribution in [0.3, 0.4) is 0 Å². The van der Waals surface area contributed by atoms with Gasteiger partial charge in [0.05, 0.1) is 31.1 Å². The molecule has 0 aromatic carbocycles. The molecule has 76 valence electrons. The van der Waals surface area contributed by atoms with E-state index in [4.69, 9.17) is 0 Å². The molecular formula is C11H10N2S2. The second kappa shape index (κ2) is 2.77. The molecule has 0 atom stereocenters. The van der Waals surface area contributed by atoms with Gasteiger partial charge in [0.15, 0.2) is 0 Å². The maximum atomic E-state index is 2.48. The largest absolute Gasteiger partial charge is 0.348 e. The van der Waals surface area contributed by atoms with E-state index in [1.165, 1.54) is 21.1 Å². The van der Waals surface area contributed by atoms with Gasteiger partial charge in [0.25, 0.3) is 0 Å². The molecule has 0 fully saturated rings. The van der Waals surface area contributed by atoms with Crippen molar-refractivity contribution in [3.05, 3.63) is 32.6 Å². The van der Waals surface area contributed by atoms with E-state index < -0.39 is 0 Å². The molecule has 4 heteroatoms. The molecule has 4 rings (SSSR count). The Labute approximate surface area is 96.4 Å². The number of fused-ring (bicyclic) bond motifs is 6. The molecule has 0 N–H and O–H groups in total. The Hall–Kier alpha value is -1.00. The average molecular weight is 234 g/mol. The highest BCUT2D eigenvalue weighted by molar-refractivity contribution is 7.11. The van der Waals surface area contributed by atoms with Crippen LogP contribution in [0.2, 0.25) is 0 Å². The van der Waals surface area contributed by atoms with Gasteiger partial charge in [-0.2, -0.15) is 0 Å². The Bertz CT molecular complexity index is 468. The summed E-state index contributed by atoms with van der Waals surface area (Å²) in [4.78, 5) is 7.98. The molecule has 0 aliphatic carbocycles. The fourth-order valence-corrected chi connectivity index (χ4v) is 4.26. The van der Waals surface area contributed by atoms with Crippen molar-refractivity contribution >= 4 is 34.0 Å². The van der Waals surface area contributed by atoms with Gasteiger partial charge >= 0.3 is 0 Å². The van der Waals surface area contributed by atoms with Gasteiger partial charge in [0.2, 0.25) is 0 Å². The Balaban J connectivity index is 1.88. The van der Waals surface area contributed by atoms with Crippen LogP contribution in [0.5, 0.6) is 0 Å². The van der Waals surface area contributed by atoms with Crippen LogP contribution >= 0.6 is 22.7 Å². The number of hydrogen-bond acceptors (Lipinski definition) is 4. The number of thiophene rings is 2. The number of rotatable bonds is 0. The first-order chi connectivity index (χ1) is 7.42. The van der Waals surface area contributed by atoms with Crippen molar-refractivity contribution in [1.82, 2.24) is 0 Å². The molecule has 2 aliphatic heterocycles. The standard InChI is InChI=1S/C11H10N2S2/c1-3-14-10-5-13-7-12(8(1)10)6-11-9(13)2-4-15-11/h1-4H,5-7H2. The predicted octanol–water partition coefficient (Wildman–Crippen LogP) is 3.11. The summed E-state index contributed by atoms with van der Waals surface area (Å²) >= 11 is 3.76. The Morgan fingerprint density at radius 3 is 1.93 bits per heavy atom. The van der Waals surface area contributed by atoms with Gasteiger partial charge in [-0.25, -0.2) is 0 Å². The van der Waals surface area contributed by atoms with Gasteiger partial charge in [-0.15, -0.1) is 22.7 Å². The molecule has 0 radical (unpaired) electrons. The average Bonchev–Trinajstić information content (AvgIpc) is 2.84. The SMILES string of the molecule is c1cc2c(s1)CN1CN2Cc2sccc21. The van der Waals surface area contributed by atoms with Crippen LogP contribution in [0, 0.1) is 0 Å². The second-order valence-electron chi connectivity index (χ2n) is 4.00. The molecule has 15 heavy (non-hydrogen) atoms.